The summed E-state index contributed by atoms with van der Waals surface area (Å²) < 4.78 is 0. The van der Waals surface area contributed by atoms with Crippen molar-refractivity contribution in [1.82, 2.24) is 9.97 Å². The molecule has 0 aliphatic heterocycles. The van der Waals surface area contributed by atoms with Gasteiger partial charge < -0.3 is 5.73 Å². The van der Waals surface area contributed by atoms with E-state index in [9.17, 15) is 0 Å². The summed E-state index contributed by atoms with van der Waals surface area (Å²) in [6.45, 7) is 0. The third-order valence-corrected chi connectivity index (χ3v) is 4.52. The van der Waals surface area contributed by atoms with Crippen molar-refractivity contribution in [3.05, 3.63) is 50.4 Å². The average Bonchev–Trinajstić information content (AvgIpc) is 2.46. The smallest absolute Gasteiger partial charge is 0.150 e. The first-order valence-corrected chi connectivity index (χ1v) is 7.36. The average molecular weight is 359 g/mol. The number of hydrogen-bond donors (Lipinski definition) is 1. The molecule has 2 N–H and O–H groups in total. The molecule has 1 heterocycles. The van der Waals surface area contributed by atoms with E-state index in [2.05, 4.69) is 9.97 Å². The summed E-state index contributed by atoms with van der Waals surface area (Å²) in [6.07, 6.45) is 0. The van der Waals surface area contributed by atoms with Crippen LogP contribution in [0.15, 0.2) is 30.3 Å². The van der Waals surface area contributed by atoms with Gasteiger partial charge in [-0.3, -0.25) is 0 Å². The Morgan fingerprint density at radius 3 is 1.90 bits per heavy atom. The van der Waals surface area contributed by atoms with E-state index in [4.69, 9.17) is 52.1 Å². The van der Waals surface area contributed by atoms with Crippen molar-refractivity contribution in [2.24, 2.45) is 0 Å². The van der Waals surface area contributed by atoms with Crippen LogP contribution >= 0.6 is 46.4 Å². The van der Waals surface area contributed by atoms with Crippen LogP contribution in [0.2, 0.25) is 20.1 Å². The SMILES string of the molecule is Nc1nc2ccccc2nc1-c1c(Cl)c(Cl)cc(Cl)c1Cl. The van der Waals surface area contributed by atoms with Gasteiger partial charge in [0.25, 0.3) is 0 Å². The monoisotopic (exact) mass is 357 g/mol. The number of nitrogens with two attached hydrogens (primary N) is 1. The Labute approximate surface area is 140 Å². The van der Waals surface area contributed by atoms with Crippen molar-refractivity contribution in [2.45, 2.75) is 0 Å². The van der Waals surface area contributed by atoms with Crippen LogP contribution in [0.3, 0.4) is 0 Å². The molecule has 0 radical (unpaired) electrons. The molecule has 3 aromatic rings. The quantitative estimate of drug-likeness (QED) is 0.585. The van der Waals surface area contributed by atoms with E-state index in [0.717, 1.165) is 0 Å². The predicted molar refractivity (Wildman–Crippen MR) is 89.4 cm³/mol. The highest BCUT2D eigenvalue weighted by molar-refractivity contribution is 6.50. The van der Waals surface area contributed by atoms with Gasteiger partial charge in [-0.1, -0.05) is 58.5 Å². The summed E-state index contributed by atoms with van der Waals surface area (Å²) in [6, 6.07) is 8.81. The lowest BCUT2D eigenvalue weighted by atomic mass is 10.1. The number of rotatable bonds is 1. The minimum atomic E-state index is 0.204. The van der Waals surface area contributed by atoms with Gasteiger partial charge in [0.05, 0.1) is 31.1 Å². The summed E-state index contributed by atoms with van der Waals surface area (Å²) in [5.41, 5.74) is 8.07. The number of hydrogen-bond acceptors (Lipinski definition) is 3. The van der Waals surface area contributed by atoms with Crippen LogP contribution in [-0.4, -0.2) is 9.97 Å². The van der Waals surface area contributed by atoms with Gasteiger partial charge >= 0.3 is 0 Å². The van der Waals surface area contributed by atoms with Gasteiger partial charge in [0, 0.05) is 5.56 Å². The molecule has 0 aliphatic rings. The van der Waals surface area contributed by atoms with Crippen LogP contribution in [-0.2, 0) is 0 Å². The molecule has 106 valence electrons. The summed E-state index contributed by atoms with van der Waals surface area (Å²) in [5, 5.41) is 1.02. The van der Waals surface area contributed by atoms with Crippen molar-refractivity contribution in [2.75, 3.05) is 5.73 Å². The second kappa shape index (κ2) is 5.50. The molecule has 0 aliphatic carbocycles. The maximum atomic E-state index is 6.23. The van der Waals surface area contributed by atoms with Gasteiger partial charge in [-0.05, 0) is 18.2 Å². The largest absolute Gasteiger partial charge is 0.382 e. The highest BCUT2D eigenvalue weighted by Gasteiger charge is 2.20. The third kappa shape index (κ3) is 2.51. The molecule has 0 saturated heterocycles. The second-order valence-corrected chi connectivity index (χ2v) is 5.86. The molecule has 0 spiro atoms. The Morgan fingerprint density at radius 1 is 0.810 bits per heavy atom. The summed E-state index contributed by atoms with van der Waals surface area (Å²) >= 11 is 24.6. The van der Waals surface area contributed by atoms with E-state index in [1.807, 2.05) is 24.3 Å². The maximum Gasteiger partial charge on any atom is 0.150 e. The molecule has 3 rings (SSSR count). The van der Waals surface area contributed by atoms with E-state index >= 15 is 0 Å². The predicted octanol–water partition coefficient (Wildman–Crippen LogP) is 5.49. The summed E-state index contributed by atoms with van der Waals surface area (Å²) in [5.74, 6) is 0.204. The van der Waals surface area contributed by atoms with Gasteiger partial charge in [-0.15, -0.1) is 0 Å². The van der Waals surface area contributed by atoms with Crippen LogP contribution < -0.4 is 5.73 Å². The molecule has 1 aromatic heterocycles. The topological polar surface area (TPSA) is 51.8 Å². The summed E-state index contributed by atoms with van der Waals surface area (Å²) in [7, 11) is 0. The normalized spacial score (nSPS) is 11.0. The van der Waals surface area contributed by atoms with Crippen molar-refractivity contribution in [3.8, 4) is 11.3 Å². The molecule has 7 heteroatoms. The zero-order valence-corrected chi connectivity index (χ0v) is 13.4. The van der Waals surface area contributed by atoms with Crippen molar-refractivity contribution in [3.63, 3.8) is 0 Å². The second-order valence-electron chi connectivity index (χ2n) is 4.29. The van der Waals surface area contributed by atoms with Crippen molar-refractivity contribution >= 4 is 63.3 Å². The first-order valence-electron chi connectivity index (χ1n) is 5.84. The Kier molecular flexibility index (Phi) is 3.84. The molecule has 21 heavy (non-hydrogen) atoms. The van der Waals surface area contributed by atoms with Gasteiger partial charge in [-0.25, -0.2) is 9.97 Å². The Bertz CT molecular complexity index is 838. The number of halogens is 4. The summed E-state index contributed by atoms with van der Waals surface area (Å²) in [4.78, 5) is 8.78. The lowest BCUT2D eigenvalue weighted by Crippen LogP contribution is -1.99. The maximum absolute atomic E-state index is 6.23. The van der Waals surface area contributed by atoms with Crippen LogP contribution in [0.25, 0.3) is 22.3 Å². The minimum Gasteiger partial charge on any atom is -0.382 e. The molecule has 0 bridgehead atoms. The van der Waals surface area contributed by atoms with Crippen molar-refractivity contribution < 1.29 is 0 Å². The number of nitrogen functional groups attached to an aromatic ring is 1. The Hall–Kier alpha value is -1.26. The molecule has 0 unspecified atom stereocenters. The van der Waals surface area contributed by atoms with E-state index in [0.29, 0.717) is 22.3 Å². The zero-order chi connectivity index (χ0) is 15.1. The van der Waals surface area contributed by atoms with Crippen LogP contribution in [0, 0.1) is 0 Å². The molecular formula is C14H7Cl4N3. The highest BCUT2D eigenvalue weighted by Crippen LogP contribution is 2.44. The van der Waals surface area contributed by atoms with E-state index in [-0.39, 0.29) is 25.9 Å². The van der Waals surface area contributed by atoms with Crippen LogP contribution in [0.5, 0.6) is 0 Å². The van der Waals surface area contributed by atoms with Gasteiger partial charge in [0.2, 0.25) is 0 Å². The lowest BCUT2D eigenvalue weighted by Gasteiger charge is -2.12. The van der Waals surface area contributed by atoms with Gasteiger partial charge in [-0.2, -0.15) is 0 Å². The number of benzene rings is 2. The first kappa shape index (κ1) is 14.7. The molecule has 2 aromatic carbocycles. The molecule has 0 fully saturated rings. The number of fused-ring (bicyclic) bond motifs is 1. The number of para-hydroxylation sites is 2. The van der Waals surface area contributed by atoms with E-state index in [1.54, 1.807) is 0 Å². The fourth-order valence-corrected chi connectivity index (χ4v) is 2.97. The van der Waals surface area contributed by atoms with E-state index in [1.165, 1.54) is 6.07 Å². The fourth-order valence-electron chi connectivity index (χ4n) is 1.98. The minimum absolute atomic E-state index is 0.204. The van der Waals surface area contributed by atoms with Crippen molar-refractivity contribution in [1.29, 1.82) is 0 Å². The third-order valence-electron chi connectivity index (χ3n) is 2.95. The highest BCUT2D eigenvalue weighted by atomic mass is 35.5. The molecule has 0 saturated carbocycles. The molecule has 3 nitrogen and oxygen atoms in total. The zero-order valence-electron chi connectivity index (χ0n) is 10.4. The number of nitrogens with zero attached hydrogens (tertiary/aromatic N) is 2. The van der Waals surface area contributed by atoms with Gasteiger partial charge in [0.1, 0.15) is 5.69 Å². The Balaban J connectivity index is 2.38. The Morgan fingerprint density at radius 2 is 1.33 bits per heavy atom. The standard InChI is InChI=1S/C14H7Cl4N3/c15-6-5-7(16)12(18)10(11(6)17)13-14(19)21-9-4-2-1-3-8(9)20-13/h1-5H,(H2,19,21). The lowest BCUT2D eigenvalue weighted by molar-refractivity contribution is 1.30. The molecule has 0 amide bonds. The van der Waals surface area contributed by atoms with Crippen LogP contribution in [0.4, 0.5) is 5.82 Å². The fraction of sp³-hybridized carbons (Fsp3) is 0. The van der Waals surface area contributed by atoms with Gasteiger partial charge in [0.15, 0.2) is 5.82 Å². The number of aromatic nitrogens is 2. The van der Waals surface area contributed by atoms with E-state index < -0.39 is 0 Å². The molecular weight excluding hydrogens is 352 g/mol. The number of anilines is 1. The van der Waals surface area contributed by atoms with Crippen LogP contribution in [0.1, 0.15) is 0 Å². The molecule has 0 atom stereocenters. The first-order chi connectivity index (χ1) is 9.99.